The van der Waals surface area contributed by atoms with Gasteiger partial charge >= 0.3 is 0 Å². The van der Waals surface area contributed by atoms with Crippen LogP contribution in [0.1, 0.15) is 64.1 Å². The van der Waals surface area contributed by atoms with E-state index in [2.05, 4.69) is 10.4 Å². The maximum atomic E-state index is 12.8. The molecule has 1 N–H and O–H groups in total. The van der Waals surface area contributed by atoms with Gasteiger partial charge in [0.15, 0.2) is 0 Å². The molecule has 1 aliphatic carbocycles. The third-order valence-electron chi connectivity index (χ3n) is 4.36. The molecule has 2 aliphatic rings. The first kappa shape index (κ1) is 16.2. The average Bonchev–Trinajstić information content (AvgIpc) is 3.34. The molecule has 1 aliphatic heterocycles. The normalized spacial score (nSPS) is 22.0. The fourth-order valence-corrected chi connectivity index (χ4v) is 2.67. The Morgan fingerprint density at radius 3 is 2.65 bits per heavy atom. The highest BCUT2D eigenvalue weighted by Gasteiger charge is 2.30. The third kappa shape index (κ3) is 3.63. The molecular weight excluding hydrogens is 294 g/mol. The Hall–Kier alpha value is -1.69. The van der Waals surface area contributed by atoms with Crippen molar-refractivity contribution in [3.8, 4) is 0 Å². The number of hydrogen-bond donors (Lipinski definition) is 1. The third-order valence-corrected chi connectivity index (χ3v) is 4.36. The van der Waals surface area contributed by atoms with E-state index in [9.17, 15) is 9.59 Å². The van der Waals surface area contributed by atoms with Crippen LogP contribution >= 0.6 is 0 Å². The zero-order valence-electron chi connectivity index (χ0n) is 14.1. The van der Waals surface area contributed by atoms with Crippen LogP contribution in [0.25, 0.3) is 0 Å². The van der Waals surface area contributed by atoms with Crippen LogP contribution in [0.2, 0.25) is 0 Å². The molecule has 2 fully saturated rings. The Morgan fingerprint density at radius 2 is 2.09 bits per heavy atom. The molecule has 6 heteroatoms. The number of nitrogens with one attached hydrogen (secondary N) is 1. The molecule has 2 heterocycles. The smallest absolute Gasteiger partial charge is 0.290 e. The Morgan fingerprint density at radius 1 is 1.35 bits per heavy atom. The number of amides is 1. The first-order valence-corrected chi connectivity index (χ1v) is 8.39. The lowest BCUT2D eigenvalue weighted by Gasteiger charge is -2.24. The first-order valence-electron chi connectivity index (χ1n) is 8.39. The molecule has 0 spiro atoms. The largest absolute Gasteiger partial charge is 0.379 e. The van der Waals surface area contributed by atoms with Crippen molar-refractivity contribution in [2.45, 2.75) is 58.4 Å². The van der Waals surface area contributed by atoms with Crippen molar-refractivity contribution in [3.05, 3.63) is 22.1 Å². The minimum absolute atomic E-state index is 0.0414. The summed E-state index contributed by atoms with van der Waals surface area (Å²) in [5.74, 6) is 0.255. The van der Waals surface area contributed by atoms with Crippen LogP contribution in [0.4, 0.5) is 5.69 Å². The number of hydrogen-bond acceptors (Lipinski definition) is 4. The van der Waals surface area contributed by atoms with Gasteiger partial charge in [-0.15, -0.1) is 0 Å². The fraction of sp³-hybridized carbons (Fsp3) is 0.706. The highest BCUT2D eigenvalue weighted by Crippen LogP contribution is 2.39. The highest BCUT2D eigenvalue weighted by atomic mass is 16.5. The summed E-state index contributed by atoms with van der Waals surface area (Å²) < 4.78 is 7.03. The summed E-state index contributed by atoms with van der Waals surface area (Å²) in [5.41, 5.74) is 0.461. The number of nitrogens with zero attached hydrogens (tertiary/aromatic N) is 2. The van der Waals surface area contributed by atoms with Crippen molar-refractivity contribution >= 4 is 11.6 Å². The number of aromatic nitrogens is 2. The summed E-state index contributed by atoms with van der Waals surface area (Å²) in [4.78, 5) is 25.0. The van der Waals surface area contributed by atoms with Crippen molar-refractivity contribution in [3.63, 3.8) is 0 Å². The second-order valence-corrected chi connectivity index (χ2v) is 7.58. The SMILES string of the molecule is CC(C)(C)C(=O)Nc1cc(C2CC2)nn(C2CCCOC2)c1=O. The molecule has 0 radical (unpaired) electrons. The van der Waals surface area contributed by atoms with Crippen LogP contribution in [0.15, 0.2) is 10.9 Å². The first-order chi connectivity index (χ1) is 10.9. The minimum atomic E-state index is -0.547. The summed E-state index contributed by atoms with van der Waals surface area (Å²) in [5, 5.41) is 7.36. The second-order valence-electron chi connectivity index (χ2n) is 7.58. The standard InChI is InChI=1S/C17H25N3O3/c1-17(2,3)16(22)18-14-9-13(11-6-7-11)19-20(15(14)21)12-5-4-8-23-10-12/h9,11-12H,4-8,10H2,1-3H3,(H,18,22). The van der Waals surface area contributed by atoms with Gasteiger partial charge in [-0.2, -0.15) is 5.10 Å². The van der Waals surface area contributed by atoms with Gasteiger partial charge in [0.05, 0.1) is 18.3 Å². The summed E-state index contributed by atoms with van der Waals surface area (Å²) in [6, 6.07) is 1.71. The lowest BCUT2D eigenvalue weighted by molar-refractivity contribution is -0.123. The number of rotatable bonds is 3. The van der Waals surface area contributed by atoms with Gasteiger partial charge in [0, 0.05) is 17.9 Å². The van der Waals surface area contributed by atoms with Crippen LogP contribution in [0.3, 0.4) is 0 Å². The van der Waals surface area contributed by atoms with Crippen molar-refractivity contribution in [1.29, 1.82) is 0 Å². The van der Waals surface area contributed by atoms with Crippen molar-refractivity contribution in [2.75, 3.05) is 18.5 Å². The minimum Gasteiger partial charge on any atom is -0.379 e. The molecule has 1 saturated heterocycles. The predicted molar refractivity (Wildman–Crippen MR) is 87.6 cm³/mol. The van der Waals surface area contributed by atoms with Crippen LogP contribution in [-0.4, -0.2) is 28.9 Å². The Balaban J connectivity index is 1.96. The van der Waals surface area contributed by atoms with Crippen molar-refractivity contribution < 1.29 is 9.53 Å². The van der Waals surface area contributed by atoms with Crippen LogP contribution < -0.4 is 10.9 Å². The van der Waals surface area contributed by atoms with Gasteiger partial charge in [-0.3, -0.25) is 9.59 Å². The van der Waals surface area contributed by atoms with Gasteiger partial charge in [0.25, 0.3) is 5.56 Å². The molecule has 3 rings (SSSR count). The average molecular weight is 319 g/mol. The Kier molecular flexibility index (Phi) is 4.27. The van der Waals surface area contributed by atoms with E-state index in [0.717, 1.165) is 38.0 Å². The van der Waals surface area contributed by atoms with Crippen LogP contribution in [-0.2, 0) is 9.53 Å². The highest BCUT2D eigenvalue weighted by molar-refractivity contribution is 5.94. The van der Waals surface area contributed by atoms with Crippen LogP contribution in [0.5, 0.6) is 0 Å². The number of carbonyl (C=O) groups is 1. The van der Waals surface area contributed by atoms with Crippen LogP contribution in [0, 0.1) is 5.41 Å². The molecule has 0 aromatic carbocycles. The van der Waals surface area contributed by atoms with E-state index < -0.39 is 5.41 Å². The maximum Gasteiger partial charge on any atom is 0.290 e. The summed E-state index contributed by atoms with van der Waals surface area (Å²) >= 11 is 0. The zero-order valence-corrected chi connectivity index (χ0v) is 14.1. The Labute approximate surface area is 136 Å². The molecular formula is C17H25N3O3. The summed E-state index contributed by atoms with van der Waals surface area (Å²) in [6.45, 7) is 6.74. The topological polar surface area (TPSA) is 73.2 Å². The lowest BCUT2D eigenvalue weighted by atomic mass is 9.95. The van der Waals surface area contributed by atoms with Gasteiger partial charge in [-0.25, -0.2) is 4.68 Å². The molecule has 1 atom stereocenters. The second kappa shape index (κ2) is 6.07. The molecule has 126 valence electrons. The van der Waals surface area contributed by atoms with Gasteiger partial charge in [0.1, 0.15) is 5.69 Å². The van der Waals surface area contributed by atoms with E-state index in [4.69, 9.17) is 4.74 Å². The van der Waals surface area contributed by atoms with Crippen molar-refractivity contribution in [2.24, 2.45) is 5.41 Å². The predicted octanol–water partition coefficient (Wildman–Crippen LogP) is 2.46. The monoisotopic (exact) mass is 319 g/mol. The molecule has 1 unspecified atom stereocenters. The maximum absolute atomic E-state index is 12.8. The molecule has 1 aromatic rings. The van der Waals surface area contributed by atoms with E-state index >= 15 is 0 Å². The number of carbonyl (C=O) groups excluding carboxylic acids is 1. The summed E-state index contributed by atoms with van der Waals surface area (Å²) in [7, 11) is 0. The Bertz CT molecular complexity index is 650. The molecule has 23 heavy (non-hydrogen) atoms. The van der Waals surface area contributed by atoms with E-state index in [1.807, 2.05) is 20.8 Å². The quantitative estimate of drug-likeness (QED) is 0.929. The molecule has 1 saturated carbocycles. The lowest BCUT2D eigenvalue weighted by Crippen LogP contribution is -2.37. The number of anilines is 1. The van der Waals surface area contributed by atoms with Gasteiger partial charge < -0.3 is 10.1 Å². The van der Waals surface area contributed by atoms with E-state index in [1.165, 1.54) is 4.68 Å². The molecule has 0 bridgehead atoms. The van der Waals surface area contributed by atoms with Gasteiger partial charge in [-0.05, 0) is 31.7 Å². The van der Waals surface area contributed by atoms with Gasteiger partial charge in [-0.1, -0.05) is 20.8 Å². The fourth-order valence-electron chi connectivity index (χ4n) is 2.67. The van der Waals surface area contributed by atoms with Crippen molar-refractivity contribution in [1.82, 2.24) is 9.78 Å². The van der Waals surface area contributed by atoms with E-state index in [0.29, 0.717) is 18.2 Å². The zero-order chi connectivity index (χ0) is 16.6. The molecule has 1 aromatic heterocycles. The van der Waals surface area contributed by atoms with E-state index in [-0.39, 0.29) is 17.5 Å². The summed E-state index contributed by atoms with van der Waals surface area (Å²) in [6.07, 6.45) is 4.00. The van der Waals surface area contributed by atoms with Gasteiger partial charge in [0.2, 0.25) is 5.91 Å². The number of ether oxygens (including phenoxy) is 1. The molecule has 1 amide bonds. The molecule has 6 nitrogen and oxygen atoms in total. The van der Waals surface area contributed by atoms with E-state index in [1.54, 1.807) is 6.07 Å².